The summed E-state index contributed by atoms with van der Waals surface area (Å²) in [5.41, 5.74) is 6.32. The molecule has 0 aliphatic carbocycles. The van der Waals surface area contributed by atoms with Crippen LogP contribution in [0.4, 0.5) is 5.69 Å². The largest absolute Gasteiger partial charge is 0.488 e. The number of halogens is 2. The Bertz CT molecular complexity index is 376. The molecule has 1 aliphatic heterocycles. The molecule has 0 bridgehead atoms. The minimum Gasteiger partial charge on any atom is -0.488 e. The van der Waals surface area contributed by atoms with E-state index in [4.69, 9.17) is 10.5 Å². The Kier molecular flexibility index (Phi) is 5.50. The molecule has 5 nitrogen and oxygen atoms in total. The van der Waals surface area contributed by atoms with Crippen molar-refractivity contribution in [2.45, 2.75) is 6.04 Å². The average Bonchev–Trinajstić information content (AvgIpc) is 2.32. The van der Waals surface area contributed by atoms with Gasteiger partial charge in [0.2, 0.25) is 5.91 Å². The number of fused-ring (bicyclic) bond motifs is 1. The summed E-state index contributed by atoms with van der Waals surface area (Å²) in [6, 6.07) is 1.12. The third-order valence-electron chi connectivity index (χ3n) is 2.19. The first-order chi connectivity index (χ1) is 6.70. The number of ether oxygens (including phenoxy) is 1. The zero-order valence-electron chi connectivity index (χ0n) is 8.62. The number of anilines is 1. The van der Waals surface area contributed by atoms with E-state index in [9.17, 15) is 4.79 Å². The molecular weight excluding hydrogens is 253 g/mol. The van der Waals surface area contributed by atoms with Crippen LogP contribution in [0, 0.1) is 0 Å². The van der Waals surface area contributed by atoms with E-state index >= 15 is 0 Å². The van der Waals surface area contributed by atoms with Crippen molar-refractivity contribution in [2.24, 2.45) is 5.73 Å². The number of carbonyl (C=O) groups excluding carboxylic acids is 1. The van der Waals surface area contributed by atoms with Gasteiger partial charge in [-0.25, -0.2) is 0 Å². The normalized spacial score (nSPS) is 18.5. The molecule has 0 saturated carbocycles. The standard InChI is InChI=1S/C9H11N3O2.2ClH/c1-12-7-2-3-11-4-8(7)14-5-6(10)9(12)13;;/h2-4,6H,5,10H2,1H3;2*1H/t6-;;/m0../s1. The Hall–Kier alpha value is -1.04. The van der Waals surface area contributed by atoms with Crippen LogP contribution in [0.25, 0.3) is 0 Å². The maximum Gasteiger partial charge on any atom is 0.247 e. The molecule has 0 radical (unpaired) electrons. The number of carbonyl (C=O) groups is 1. The van der Waals surface area contributed by atoms with Gasteiger partial charge in [0.15, 0.2) is 5.75 Å². The number of likely N-dealkylation sites (N-methyl/N-ethyl adjacent to an activating group) is 1. The van der Waals surface area contributed by atoms with Gasteiger partial charge in [-0.3, -0.25) is 9.78 Å². The third-order valence-corrected chi connectivity index (χ3v) is 2.19. The zero-order valence-corrected chi connectivity index (χ0v) is 10.3. The lowest BCUT2D eigenvalue weighted by Gasteiger charge is -2.16. The first-order valence-corrected chi connectivity index (χ1v) is 4.30. The number of amides is 1. The van der Waals surface area contributed by atoms with Gasteiger partial charge in [-0.1, -0.05) is 0 Å². The fourth-order valence-electron chi connectivity index (χ4n) is 1.38. The van der Waals surface area contributed by atoms with Crippen molar-refractivity contribution in [3.05, 3.63) is 18.5 Å². The Morgan fingerprint density at radius 1 is 1.56 bits per heavy atom. The highest BCUT2D eigenvalue weighted by atomic mass is 35.5. The van der Waals surface area contributed by atoms with Gasteiger partial charge in [0.1, 0.15) is 12.6 Å². The van der Waals surface area contributed by atoms with E-state index in [0.717, 1.165) is 0 Å². The number of nitrogens with two attached hydrogens (primary N) is 1. The SMILES string of the molecule is CN1C(=O)[C@@H](N)COc2cnccc21.Cl.Cl. The molecule has 1 aliphatic rings. The molecule has 1 aromatic heterocycles. The van der Waals surface area contributed by atoms with E-state index in [1.807, 2.05) is 0 Å². The minimum atomic E-state index is -0.604. The van der Waals surface area contributed by atoms with Gasteiger partial charge in [-0.2, -0.15) is 0 Å². The van der Waals surface area contributed by atoms with Crippen molar-refractivity contribution in [2.75, 3.05) is 18.6 Å². The molecule has 90 valence electrons. The zero-order chi connectivity index (χ0) is 10.1. The molecule has 1 atom stereocenters. The molecule has 2 rings (SSSR count). The van der Waals surface area contributed by atoms with E-state index in [1.54, 1.807) is 25.5 Å². The lowest BCUT2D eigenvalue weighted by Crippen LogP contribution is -2.43. The van der Waals surface area contributed by atoms with Gasteiger partial charge < -0.3 is 15.4 Å². The van der Waals surface area contributed by atoms with Gasteiger partial charge in [0.25, 0.3) is 0 Å². The predicted molar refractivity (Wildman–Crippen MR) is 65.6 cm³/mol. The summed E-state index contributed by atoms with van der Waals surface area (Å²) in [5, 5.41) is 0. The number of hydrogen-bond acceptors (Lipinski definition) is 4. The number of rotatable bonds is 0. The number of pyridine rings is 1. The highest BCUT2D eigenvalue weighted by Gasteiger charge is 2.26. The van der Waals surface area contributed by atoms with E-state index in [-0.39, 0.29) is 37.3 Å². The summed E-state index contributed by atoms with van der Waals surface area (Å²) in [6.07, 6.45) is 3.19. The minimum absolute atomic E-state index is 0. The van der Waals surface area contributed by atoms with Crippen LogP contribution >= 0.6 is 24.8 Å². The van der Waals surface area contributed by atoms with Crippen LogP contribution in [0.3, 0.4) is 0 Å². The molecule has 0 aromatic carbocycles. The second kappa shape index (κ2) is 5.89. The second-order valence-electron chi connectivity index (χ2n) is 3.16. The van der Waals surface area contributed by atoms with Crippen LogP contribution in [0.5, 0.6) is 5.75 Å². The summed E-state index contributed by atoms with van der Waals surface area (Å²) in [5.74, 6) is 0.450. The lowest BCUT2D eigenvalue weighted by molar-refractivity contribution is -0.119. The first kappa shape index (κ1) is 15.0. The van der Waals surface area contributed by atoms with Crippen molar-refractivity contribution in [3.63, 3.8) is 0 Å². The molecule has 16 heavy (non-hydrogen) atoms. The monoisotopic (exact) mass is 265 g/mol. The topological polar surface area (TPSA) is 68.5 Å². The number of hydrogen-bond donors (Lipinski definition) is 1. The van der Waals surface area contributed by atoms with E-state index in [1.165, 1.54) is 4.90 Å². The fraction of sp³-hybridized carbons (Fsp3) is 0.333. The van der Waals surface area contributed by atoms with Gasteiger partial charge in [-0.05, 0) is 6.07 Å². The van der Waals surface area contributed by atoms with Crippen molar-refractivity contribution >= 4 is 36.4 Å². The molecule has 0 saturated heterocycles. The molecule has 0 fully saturated rings. The molecule has 0 unspecified atom stereocenters. The van der Waals surface area contributed by atoms with Gasteiger partial charge in [0.05, 0.1) is 11.9 Å². The molecule has 7 heteroatoms. The lowest BCUT2D eigenvalue weighted by atomic mass is 10.3. The Morgan fingerprint density at radius 3 is 2.94 bits per heavy atom. The van der Waals surface area contributed by atoms with Crippen LogP contribution in [-0.4, -0.2) is 30.6 Å². The quantitative estimate of drug-likeness (QED) is 0.747. The Morgan fingerprint density at radius 2 is 2.25 bits per heavy atom. The smallest absolute Gasteiger partial charge is 0.247 e. The van der Waals surface area contributed by atoms with Crippen LogP contribution < -0.4 is 15.4 Å². The molecule has 1 amide bonds. The van der Waals surface area contributed by atoms with Crippen molar-refractivity contribution in [3.8, 4) is 5.75 Å². The van der Waals surface area contributed by atoms with Crippen molar-refractivity contribution in [1.29, 1.82) is 0 Å². The van der Waals surface area contributed by atoms with Gasteiger partial charge in [-0.15, -0.1) is 24.8 Å². The Balaban J connectivity index is 0.00000112. The number of aromatic nitrogens is 1. The maximum absolute atomic E-state index is 11.6. The summed E-state index contributed by atoms with van der Waals surface area (Å²) in [6.45, 7) is 0.196. The maximum atomic E-state index is 11.6. The fourth-order valence-corrected chi connectivity index (χ4v) is 1.38. The number of nitrogens with zero attached hydrogens (tertiary/aromatic N) is 2. The summed E-state index contributed by atoms with van der Waals surface area (Å²) in [4.78, 5) is 17.0. The molecular formula is C9H13Cl2N3O2. The van der Waals surface area contributed by atoms with Crippen molar-refractivity contribution in [1.82, 2.24) is 4.98 Å². The van der Waals surface area contributed by atoms with Crippen LogP contribution in [0.1, 0.15) is 0 Å². The predicted octanol–water partition coefficient (Wildman–Crippen LogP) is 0.608. The molecule has 2 heterocycles. The molecule has 2 N–H and O–H groups in total. The molecule has 1 aromatic rings. The van der Waals surface area contributed by atoms with E-state index in [0.29, 0.717) is 11.4 Å². The van der Waals surface area contributed by atoms with Crippen LogP contribution in [-0.2, 0) is 4.79 Å². The molecule has 0 spiro atoms. The summed E-state index contributed by atoms with van der Waals surface area (Å²) >= 11 is 0. The van der Waals surface area contributed by atoms with Crippen LogP contribution in [0.2, 0.25) is 0 Å². The van der Waals surface area contributed by atoms with Gasteiger partial charge in [0, 0.05) is 13.2 Å². The Labute approximate surface area is 106 Å². The van der Waals surface area contributed by atoms with E-state index < -0.39 is 6.04 Å². The van der Waals surface area contributed by atoms with Crippen molar-refractivity contribution < 1.29 is 9.53 Å². The average molecular weight is 266 g/mol. The van der Waals surface area contributed by atoms with Crippen LogP contribution in [0.15, 0.2) is 18.5 Å². The third kappa shape index (κ3) is 2.55. The van der Waals surface area contributed by atoms with Gasteiger partial charge >= 0.3 is 0 Å². The first-order valence-electron chi connectivity index (χ1n) is 4.30. The highest BCUT2D eigenvalue weighted by Crippen LogP contribution is 2.28. The second-order valence-corrected chi connectivity index (χ2v) is 3.16. The van der Waals surface area contributed by atoms with E-state index in [2.05, 4.69) is 4.98 Å². The highest BCUT2D eigenvalue weighted by molar-refractivity contribution is 5.98. The summed E-state index contributed by atoms with van der Waals surface area (Å²) in [7, 11) is 1.68. The summed E-state index contributed by atoms with van der Waals surface area (Å²) < 4.78 is 5.35.